The molecule has 0 bridgehead atoms. The zero-order valence-corrected chi connectivity index (χ0v) is 11.3. The van der Waals surface area contributed by atoms with E-state index in [1.165, 1.54) is 0 Å². The molecular formula is C17H18NO2. The zero-order chi connectivity index (χ0) is 13.6. The minimum atomic E-state index is -0.111. The fraction of sp³-hybridized carbons (Fsp3) is 0.294. The normalized spacial score (nSPS) is 22.2. The Kier molecular flexibility index (Phi) is 4.19. The van der Waals surface area contributed by atoms with Gasteiger partial charge in [-0.3, -0.25) is 0 Å². The van der Waals surface area contributed by atoms with E-state index in [0.717, 1.165) is 30.9 Å². The minimum absolute atomic E-state index is 0.111. The highest BCUT2D eigenvalue weighted by atomic mass is 16.5. The molecule has 3 nitrogen and oxygen atoms in total. The predicted molar refractivity (Wildman–Crippen MR) is 78.0 cm³/mol. The standard InChI is InChI=1S/C17H18NO2/c1-3-7-14(8-4-1)19-16-11-12-18-17(13-16)20-15-9-5-2-6-10-15/h1-10,16-17H,11-13H2. The quantitative estimate of drug-likeness (QED) is 0.852. The molecule has 3 heteroatoms. The number of rotatable bonds is 4. The molecule has 1 radical (unpaired) electrons. The lowest BCUT2D eigenvalue weighted by Gasteiger charge is -2.29. The van der Waals surface area contributed by atoms with Gasteiger partial charge in [0.05, 0.1) is 0 Å². The maximum Gasteiger partial charge on any atom is 0.168 e. The van der Waals surface area contributed by atoms with Crippen molar-refractivity contribution in [1.82, 2.24) is 5.32 Å². The number of hydrogen-bond donors (Lipinski definition) is 0. The van der Waals surface area contributed by atoms with Gasteiger partial charge < -0.3 is 9.47 Å². The smallest absolute Gasteiger partial charge is 0.168 e. The lowest BCUT2D eigenvalue weighted by Crippen LogP contribution is -2.41. The second kappa shape index (κ2) is 6.44. The summed E-state index contributed by atoms with van der Waals surface area (Å²) < 4.78 is 11.9. The first kappa shape index (κ1) is 13.0. The van der Waals surface area contributed by atoms with Crippen LogP contribution in [0.2, 0.25) is 0 Å². The Bertz CT molecular complexity index is 468. The van der Waals surface area contributed by atoms with E-state index >= 15 is 0 Å². The highest BCUT2D eigenvalue weighted by Crippen LogP contribution is 2.21. The largest absolute Gasteiger partial charge is 0.490 e. The van der Waals surface area contributed by atoms with Gasteiger partial charge in [0.1, 0.15) is 17.6 Å². The van der Waals surface area contributed by atoms with Gasteiger partial charge in [-0.15, -0.1) is 0 Å². The van der Waals surface area contributed by atoms with Gasteiger partial charge in [0.25, 0.3) is 0 Å². The highest BCUT2D eigenvalue weighted by Gasteiger charge is 2.25. The summed E-state index contributed by atoms with van der Waals surface area (Å²) in [6, 6.07) is 19.8. The van der Waals surface area contributed by atoms with Crippen LogP contribution < -0.4 is 14.8 Å². The van der Waals surface area contributed by atoms with Crippen molar-refractivity contribution < 1.29 is 9.47 Å². The first-order valence-electron chi connectivity index (χ1n) is 7.00. The SMILES string of the molecule is c1ccc(OC2CC[N]C(Oc3ccccc3)C2)cc1. The minimum Gasteiger partial charge on any atom is -0.490 e. The molecule has 0 spiro atoms. The first-order valence-corrected chi connectivity index (χ1v) is 7.00. The van der Waals surface area contributed by atoms with Gasteiger partial charge in [0, 0.05) is 13.0 Å². The van der Waals surface area contributed by atoms with E-state index < -0.39 is 0 Å². The topological polar surface area (TPSA) is 32.6 Å². The van der Waals surface area contributed by atoms with E-state index in [-0.39, 0.29) is 12.3 Å². The monoisotopic (exact) mass is 268 g/mol. The van der Waals surface area contributed by atoms with Crippen molar-refractivity contribution in [3.8, 4) is 11.5 Å². The maximum atomic E-state index is 5.98. The summed E-state index contributed by atoms with van der Waals surface area (Å²) in [5.74, 6) is 1.78. The van der Waals surface area contributed by atoms with Gasteiger partial charge >= 0.3 is 0 Å². The van der Waals surface area contributed by atoms with Gasteiger partial charge in [-0.1, -0.05) is 36.4 Å². The number of para-hydroxylation sites is 2. The average molecular weight is 268 g/mol. The van der Waals surface area contributed by atoms with Gasteiger partial charge in [0.15, 0.2) is 6.23 Å². The van der Waals surface area contributed by atoms with Crippen LogP contribution in [0.1, 0.15) is 12.8 Å². The molecule has 0 amide bonds. The van der Waals surface area contributed by atoms with Gasteiger partial charge in [-0.2, -0.15) is 0 Å². The lowest BCUT2D eigenvalue weighted by atomic mass is 10.1. The molecule has 0 aliphatic carbocycles. The Balaban J connectivity index is 1.57. The second-order valence-electron chi connectivity index (χ2n) is 4.87. The summed E-state index contributed by atoms with van der Waals surface area (Å²) in [5, 5.41) is 4.51. The number of hydrogen-bond acceptors (Lipinski definition) is 2. The zero-order valence-electron chi connectivity index (χ0n) is 11.3. The van der Waals surface area contributed by atoms with E-state index in [1.807, 2.05) is 60.7 Å². The Hall–Kier alpha value is -2.00. The van der Waals surface area contributed by atoms with Crippen molar-refractivity contribution >= 4 is 0 Å². The highest BCUT2D eigenvalue weighted by molar-refractivity contribution is 5.22. The maximum absolute atomic E-state index is 5.98. The number of benzene rings is 2. The molecule has 3 rings (SSSR count). The molecular weight excluding hydrogens is 250 g/mol. The van der Waals surface area contributed by atoms with Crippen LogP contribution in [0.4, 0.5) is 0 Å². The van der Waals surface area contributed by atoms with Crippen LogP contribution in [-0.4, -0.2) is 18.9 Å². The number of ether oxygens (including phenoxy) is 2. The van der Waals surface area contributed by atoms with Gasteiger partial charge in [-0.05, 0) is 30.7 Å². The Morgan fingerprint density at radius 1 is 0.800 bits per heavy atom. The van der Waals surface area contributed by atoms with Crippen LogP contribution in [-0.2, 0) is 0 Å². The molecule has 1 aliphatic rings. The fourth-order valence-electron chi connectivity index (χ4n) is 2.32. The molecule has 1 fully saturated rings. The van der Waals surface area contributed by atoms with Crippen molar-refractivity contribution in [3.05, 3.63) is 60.7 Å². The molecule has 2 aromatic carbocycles. The Morgan fingerprint density at radius 2 is 1.40 bits per heavy atom. The third-order valence-corrected chi connectivity index (χ3v) is 3.31. The lowest BCUT2D eigenvalue weighted by molar-refractivity contribution is 0.0528. The fourth-order valence-corrected chi connectivity index (χ4v) is 2.32. The average Bonchev–Trinajstić information content (AvgIpc) is 2.50. The van der Waals surface area contributed by atoms with Crippen LogP contribution in [0, 0.1) is 0 Å². The molecule has 0 aromatic heterocycles. The molecule has 2 atom stereocenters. The van der Waals surface area contributed by atoms with Crippen LogP contribution in [0.25, 0.3) is 0 Å². The van der Waals surface area contributed by atoms with Gasteiger partial charge in [-0.25, -0.2) is 5.32 Å². The van der Waals surface area contributed by atoms with E-state index in [9.17, 15) is 0 Å². The van der Waals surface area contributed by atoms with E-state index in [2.05, 4.69) is 5.32 Å². The summed E-state index contributed by atoms with van der Waals surface area (Å²) in [6.45, 7) is 0.787. The number of piperidine rings is 1. The Labute approximate surface area is 119 Å². The third-order valence-electron chi connectivity index (χ3n) is 3.31. The van der Waals surface area contributed by atoms with Crippen molar-refractivity contribution in [3.63, 3.8) is 0 Å². The summed E-state index contributed by atoms with van der Waals surface area (Å²) in [6.07, 6.45) is 1.80. The van der Waals surface area contributed by atoms with Crippen molar-refractivity contribution in [2.75, 3.05) is 6.54 Å². The molecule has 20 heavy (non-hydrogen) atoms. The van der Waals surface area contributed by atoms with Gasteiger partial charge in [0.2, 0.25) is 0 Å². The number of nitrogens with zero attached hydrogens (tertiary/aromatic N) is 1. The second-order valence-corrected chi connectivity index (χ2v) is 4.87. The van der Waals surface area contributed by atoms with Crippen molar-refractivity contribution in [2.45, 2.75) is 25.2 Å². The van der Waals surface area contributed by atoms with E-state index in [1.54, 1.807) is 0 Å². The molecule has 2 aromatic rings. The van der Waals surface area contributed by atoms with Crippen LogP contribution in [0.3, 0.4) is 0 Å². The van der Waals surface area contributed by atoms with Crippen LogP contribution in [0.15, 0.2) is 60.7 Å². The molecule has 0 saturated carbocycles. The molecule has 1 heterocycles. The molecule has 103 valence electrons. The van der Waals surface area contributed by atoms with Crippen LogP contribution in [0.5, 0.6) is 11.5 Å². The summed E-state index contributed by atoms with van der Waals surface area (Å²) >= 11 is 0. The van der Waals surface area contributed by atoms with Crippen molar-refractivity contribution in [1.29, 1.82) is 0 Å². The van der Waals surface area contributed by atoms with Crippen LogP contribution >= 0.6 is 0 Å². The summed E-state index contributed by atoms with van der Waals surface area (Å²) in [5.41, 5.74) is 0. The predicted octanol–water partition coefficient (Wildman–Crippen LogP) is 3.24. The van der Waals surface area contributed by atoms with E-state index in [4.69, 9.17) is 9.47 Å². The molecule has 1 saturated heterocycles. The summed E-state index contributed by atoms with van der Waals surface area (Å²) in [7, 11) is 0. The molecule has 0 N–H and O–H groups in total. The Morgan fingerprint density at radius 3 is 2.05 bits per heavy atom. The third kappa shape index (κ3) is 3.52. The van der Waals surface area contributed by atoms with Crippen molar-refractivity contribution in [2.24, 2.45) is 0 Å². The summed E-state index contributed by atoms with van der Waals surface area (Å²) in [4.78, 5) is 0. The molecule has 1 aliphatic heterocycles. The first-order chi connectivity index (χ1) is 9.90. The van der Waals surface area contributed by atoms with E-state index in [0.29, 0.717) is 0 Å². The molecule has 2 unspecified atom stereocenters.